The van der Waals surface area contributed by atoms with Crippen molar-refractivity contribution in [2.45, 2.75) is 25.6 Å². The second kappa shape index (κ2) is 3.96. The average molecular weight is 233 g/mol. The van der Waals surface area contributed by atoms with Crippen LogP contribution in [0.5, 0.6) is 0 Å². The number of primary amides is 1. The summed E-state index contributed by atoms with van der Waals surface area (Å²) < 4.78 is 5.60. The van der Waals surface area contributed by atoms with Crippen molar-refractivity contribution in [2.75, 3.05) is 0 Å². The second-order valence-corrected chi connectivity index (χ2v) is 4.50. The van der Waals surface area contributed by atoms with Gasteiger partial charge in [-0.15, -0.1) is 0 Å². The Morgan fingerprint density at radius 3 is 2.41 bits per heavy atom. The fourth-order valence-electron chi connectivity index (χ4n) is 2.04. The SMILES string of the molecule is CC1C(=O)C(c2ccccc2)OC1(C)C(N)=O. The van der Waals surface area contributed by atoms with Crippen LogP contribution in [0.4, 0.5) is 0 Å². The van der Waals surface area contributed by atoms with E-state index in [9.17, 15) is 9.59 Å². The molecule has 3 atom stereocenters. The van der Waals surface area contributed by atoms with Crippen LogP contribution in [0.3, 0.4) is 0 Å². The van der Waals surface area contributed by atoms with Crippen molar-refractivity contribution in [2.24, 2.45) is 11.7 Å². The van der Waals surface area contributed by atoms with Crippen molar-refractivity contribution in [1.82, 2.24) is 0 Å². The zero-order chi connectivity index (χ0) is 12.6. The molecule has 2 N–H and O–H groups in total. The van der Waals surface area contributed by atoms with E-state index in [1.807, 2.05) is 30.3 Å². The molecule has 1 aliphatic heterocycles. The zero-order valence-corrected chi connectivity index (χ0v) is 9.84. The molecule has 4 nitrogen and oxygen atoms in total. The molecule has 1 aromatic carbocycles. The molecule has 1 heterocycles. The summed E-state index contributed by atoms with van der Waals surface area (Å²) in [5.41, 5.74) is 4.86. The van der Waals surface area contributed by atoms with Crippen LogP contribution in [0.25, 0.3) is 0 Å². The normalized spacial score (nSPS) is 32.7. The second-order valence-electron chi connectivity index (χ2n) is 4.50. The van der Waals surface area contributed by atoms with Gasteiger partial charge in [0.05, 0.1) is 5.92 Å². The Labute approximate surface area is 99.8 Å². The van der Waals surface area contributed by atoms with Gasteiger partial charge in [-0.05, 0) is 12.5 Å². The summed E-state index contributed by atoms with van der Waals surface area (Å²) in [6.07, 6.45) is -0.691. The zero-order valence-electron chi connectivity index (χ0n) is 9.84. The highest BCUT2D eigenvalue weighted by Crippen LogP contribution is 2.40. The summed E-state index contributed by atoms with van der Waals surface area (Å²) in [6.45, 7) is 3.25. The Balaban J connectivity index is 2.36. The predicted molar refractivity (Wildman–Crippen MR) is 62.0 cm³/mol. The number of hydrogen-bond donors (Lipinski definition) is 1. The van der Waals surface area contributed by atoms with E-state index in [-0.39, 0.29) is 5.78 Å². The predicted octanol–water partition coefficient (Wildman–Crippen LogP) is 1.21. The van der Waals surface area contributed by atoms with E-state index in [0.29, 0.717) is 0 Å². The molecule has 0 aromatic heterocycles. The number of amides is 1. The van der Waals surface area contributed by atoms with Gasteiger partial charge >= 0.3 is 0 Å². The molecule has 0 saturated carbocycles. The smallest absolute Gasteiger partial charge is 0.250 e. The first-order chi connectivity index (χ1) is 7.97. The van der Waals surface area contributed by atoms with Crippen LogP contribution in [0.15, 0.2) is 30.3 Å². The van der Waals surface area contributed by atoms with E-state index in [1.54, 1.807) is 13.8 Å². The summed E-state index contributed by atoms with van der Waals surface area (Å²) in [4.78, 5) is 23.5. The number of carbonyl (C=O) groups is 2. The number of benzene rings is 1. The molecule has 2 rings (SSSR count). The summed E-state index contributed by atoms with van der Waals surface area (Å²) in [5, 5.41) is 0. The lowest BCUT2D eigenvalue weighted by Gasteiger charge is -2.23. The fourth-order valence-corrected chi connectivity index (χ4v) is 2.04. The Morgan fingerprint density at radius 2 is 1.94 bits per heavy atom. The minimum Gasteiger partial charge on any atom is -0.367 e. The average Bonchev–Trinajstić information content (AvgIpc) is 2.56. The van der Waals surface area contributed by atoms with Gasteiger partial charge in [0.1, 0.15) is 6.10 Å². The summed E-state index contributed by atoms with van der Waals surface area (Å²) in [6, 6.07) is 9.14. The number of Topliss-reactive ketones (excluding diaryl/α,β-unsaturated/α-hetero) is 1. The number of ketones is 1. The first kappa shape index (κ1) is 11.8. The van der Waals surface area contributed by atoms with Crippen molar-refractivity contribution in [1.29, 1.82) is 0 Å². The molecule has 3 unspecified atom stereocenters. The van der Waals surface area contributed by atoms with Crippen LogP contribution in [0.1, 0.15) is 25.5 Å². The molecule has 1 aromatic rings. The van der Waals surface area contributed by atoms with Gasteiger partial charge in [-0.25, -0.2) is 0 Å². The number of nitrogens with two attached hydrogens (primary N) is 1. The molecule has 1 fully saturated rings. The molecule has 4 heteroatoms. The highest BCUT2D eigenvalue weighted by atomic mass is 16.5. The van der Waals surface area contributed by atoms with Crippen molar-refractivity contribution >= 4 is 11.7 Å². The minimum absolute atomic E-state index is 0.0995. The quantitative estimate of drug-likeness (QED) is 0.834. The summed E-state index contributed by atoms with van der Waals surface area (Å²) in [5.74, 6) is -1.22. The highest BCUT2D eigenvalue weighted by Gasteiger charge is 2.53. The molecule has 90 valence electrons. The van der Waals surface area contributed by atoms with E-state index in [2.05, 4.69) is 0 Å². The standard InChI is InChI=1S/C13H15NO3/c1-8-10(15)11(9-6-4-3-5-7-9)17-13(8,2)12(14)16/h3-8,11H,1-2H3,(H2,14,16). The van der Waals surface area contributed by atoms with Crippen LogP contribution < -0.4 is 5.73 Å². The van der Waals surface area contributed by atoms with E-state index < -0.39 is 23.5 Å². The first-order valence-electron chi connectivity index (χ1n) is 5.53. The third kappa shape index (κ3) is 1.74. The van der Waals surface area contributed by atoms with Crippen molar-refractivity contribution in [3.05, 3.63) is 35.9 Å². The van der Waals surface area contributed by atoms with Crippen molar-refractivity contribution in [3.8, 4) is 0 Å². The number of carbonyl (C=O) groups excluding carboxylic acids is 2. The molecule has 1 saturated heterocycles. The largest absolute Gasteiger partial charge is 0.367 e. The van der Waals surface area contributed by atoms with E-state index in [0.717, 1.165) is 5.56 Å². The van der Waals surface area contributed by atoms with E-state index in [1.165, 1.54) is 0 Å². The molecule has 0 radical (unpaired) electrons. The van der Waals surface area contributed by atoms with Gasteiger partial charge in [-0.1, -0.05) is 37.3 Å². The Kier molecular flexibility index (Phi) is 2.75. The minimum atomic E-state index is -1.21. The van der Waals surface area contributed by atoms with Gasteiger partial charge in [0.25, 0.3) is 0 Å². The monoisotopic (exact) mass is 233 g/mol. The van der Waals surface area contributed by atoms with E-state index in [4.69, 9.17) is 10.5 Å². The van der Waals surface area contributed by atoms with Gasteiger partial charge < -0.3 is 10.5 Å². The topological polar surface area (TPSA) is 69.4 Å². The fraction of sp³-hybridized carbons (Fsp3) is 0.385. The maximum Gasteiger partial charge on any atom is 0.250 e. The van der Waals surface area contributed by atoms with Gasteiger partial charge in [-0.2, -0.15) is 0 Å². The molecule has 1 amide bonds. The molecule has 17 heavy (non-hydrogen) atoms. The number of hydrogen-bond acceptors (Lipinski definition) is 3. The molecule has 0 aliphatic carbocycles. The van der Waals surface area contributed by atoms with Crippen molar-refractivity contribution in [3.63, 3.8) is 0 Å². The third-order valence-corrected chi connectivity index (χ3v) is 3.47. The van der Waals surface area contributed by atoms with Gasteiger partial charge in [-0.3, -0.25) is 9.59 Å². The summed E-state index contributed by atoms with van der Waals surface area (Å²) in [7, 11) is 0. The lowest BCUT2D eigenvalue weighted by molar-refractivity contribution is -0.143. The van der Waals surface area contributed by atoms with Gasteiger partial charge in [0, 0.05) is 0 Å². The summed E-state index contributed by atoms with van der Waals surface area (Å²) >= 11 is 0. The lowest BCUT2D eigenvalue weighted by atomic mass is 9.87. The van der Waals surface area contributed by atoms with Crippen LogP contribution in [0.2, 0.25) is 0 Å². The Morgan fingerprint density at radius 1 is 1.35 bits per heavy atom. The third-order valence-electron chi connectivity index (χ3n) is 3.47. The molecule has 0 bridgehead atoms. The number of ether oxygens (including phenoxy) is 1. The molecule has 1 aliphatic rings. The Hall–Kier alpha value is -1.68. The molecular formula is C13H15NO3. The number of rotatable bonds is 2. The van der Waals surface area contributed by atoms with Crippen LogP contribution in [-0.4, -0.2) is 17.3 Å². The van der Waals surface area contributed by atoms with Crippen LogP contribution >= 0.6 is 0 Å². The Bertz CT molecular complexity index is 457. The van der Waals surface area contributed by atoms with Crippen LogP contribution in [-0.2, 0) is 14.3 Å². The lowest BCUT2D eigenvalue weighted by Crippen LogP contribution is -2.45. The maximum atomic E-state index is 12.1. The van der Waals surface area contributed by atoms with Gasteiger partial charge in [0.2, 0.25) is 5.91 Å². The van der Waals surface area contributed by atoms with E-state index >= 15 is 0 Å². The van der Waals surface area contributed by atoms with Gasteiger partial charge in [0.15, 0.2) is 11.4 Å². The molecule has 0 spiro atoms. The van der Waals surface area contributed by atoms with Crippen molar-refractivity contribution < 1.29 is 14.3 Å². The highest BCUT2D eigenvalue weighted by molar-refractivity contribution is 5.97. The first-order valence-corrected chi connectivity index (χ1v) is 5.53. The van der Waals surface area contributed by atoms with Crippen LogP contribution in [0, 0.1) is 5.92 Å². The molecular weight excluding hydrogens is 218 g/mol. The maximum absolute atomic E-state index is 12.1.